The Morgan fingerprint density at radius 1 is 0.967 bits per heavy atom. The van der Waals surface area contributed by atoms with Crippen LogP contribution in [-0.4, -0.2) is 65.6 Å². The molecule has 0 saturated carbocycles. The Kier molecular flexibility index (Phi) is 5.90. The number of benzene rings is 2. The molecule has 1 aromatic heterocycles. The first kappa shape index (κ1) is 19.8. The van der Waals surface area contributed by atoms with Crippen LogP contribution in [0.2, 0.25) is 0 Å². The van der Waals surface area contributed by atoms with Crippen LogP contribution in [0, 0.1) is 0 Å². The van der Waals surface area contributed by atoms with Gasteiger partial charge >= 0.3 is 0 Å². The minimum Gasteiger partial charge on any atom is -0.394 e. The van der Waals surface area contributed by atoms with Crippen LogP contribution in [0.25, 0.3) is 10.9 Å². The Hall–Kier alpha value is -3.45. The first-order valence-electron chi connectivity index (χ1n) is 10.0. The average molecular weight is 404 g/mol. The third kappa shape index (κ3) is 4.11. The van der Waals surface area contributed by atoms with Gasteiger partial charge in [-0.05, 0) is 24.3 Å². The Bertz CT molecular complexity index is 1030. The predicted molar refractivity (Wildman–Crippen MR) is 115 cm³/mol. The number of nitrogens with zero attached hydrogens (tertiary/aromatic N) is 3. The van der Waals surface area contributed by atoms with E-state index in [0.717, 1.165) is 5.69 Å². The molecule has 1 unspecified atom stereocenters. The molecular weight excluding hydrogens is 380 g/mol. The topological polar surface area (TPSA) is 85.8 Å². The van der Waals surface area contributed by atoms with Crippen molar-refractivity contribution in [3.8, 4) is 0 Å². The Labute approximate surface area is 174 Å². The molecule has 1 fully saturated rings. The summed E-state index contributed by atoms with van der Waals surface area (Å²) in [6, 6.07) is 18.0. The molecule has 1 aliphatic heterocycles. The molecule has 4 rings (SSSR count). The highest BCUT2D eigenvalue weighted by Gasteiger charge is 2.29. The number of hydrogen-bond donors (Lipinski definition) is 2. The summed E-state index contributed by atoms with van der Waals surface area (Å²) in [5.41, 5.74) is 2.26. The number of amides is 2. The fraction of sp³-hybridized carbons (Fsp3) is 0.261. The summed E-state index contributed by atoms with van der Waals surface area (Å²) < 4.78 is 0. The SMILES string of the molecule is O=C(NC(CO)C(=O)N1CCN(c2ccccc2)CC1)c1ccnc2ccccc12. The number of para-hydroxylation sites is 2. The number of fused-ring (bicyclic) bond motifs is 1. The number of aromatic nitrogens is 1. The predicted octanol–water partition coefficient (Wildman–Crippen LogP) is 1.67. The molecule has 1 atom stereocenters. The highest BCUT2D eigenvalue weighted by Crippen LogP contribution is 2.18. The number of carbonyl (C=O) groups is 2. The van der Waals surface area contributed by atoms with Crippen molar-refractivity contribution in [3.63, 3.8) is 0 Å². The number of piperazine rings is 1. The van der Waals surface area contributed by atoms with Crippen LogP contribution in [0.4, 0.5) is 5.69 Å². The largest absolute Gasteiger partial charge is 0.394 e. The number of aliphatic hydroxyl groups is 1. The maximum atomic E-state index is 12.9. The Morgan fingerprint density at radius 3 is 2.40 bits per heavy atom. The van der Waals surface area contributed by atoms with Gasteiger partial charge in [0.05, 0.1) is 17.7 Å². The molecule has 2 amide bonds. The minimum atomic E-state index is -0.979. The molecule has 3 aromatic rings. The monoisotopic (exact) mass is 404 g/mol. The van der Waals surface area contributed by atoms with Gasteiger partial charge in [-0.1, -0.05) is 36.4 Å². The summed E-state index contributed by atoms with van der Waals surface area (Å²) in [5.74, 6) is -0.666. The lowest BCUT2D eigenvalue weighted by atomic mass is 10.1. The average Bonchev–Trinajstić information content (AvgIpc) is 2.82. The van der Waals surface area contributed by atoms with Crippen LogP contribution in [0.15, 0.2) is 66.9 Å². The second kappa shape index (κ2) is 8.92. The van der Waals surface area contributed by atoms with Crippen molar-refractivity contribution in [3.05, 3.63) is 72.4 Å². The summed E-state index contributed by atoms with van der Waals surface area (Å²) in [4.78, 5) is 33.9. The summed E-state index contributed by atoms with van der Waals surface area (Å²) in [6.45, 7) is 2.04. The van der Waals surface area contributed by atoms with E-state index < -0.39 is 18.6 Å². The van der Waals surface area contributed by atoms with Crippen molar-refractivity contribution >= 4 is 28.4 Å². The number of nitrogens with one attached hydrogen (secondary N) is 1. The third-order valence-electron chi connectivity index (χ3n) is 5.39. The van der Waals surface area contributed by atoms with Crippen molar-refractivity contribution in [2.24, 2.45) is 0 Å². The van der Waals surface area contributed by atoms with Crippen LogP contribution >= 0.6 is 0 Å². The molecule has 0 aliphatic carbocycles. The second-order valence-corrected chi connectivity index (χ2v) is 7.23. The molecular formula is C23H24N4O3. The van der Waals surface area contributed by atoms with Crippen molar-refractivity contribution in [1.82, 2.24) is 15.2 Å². The second-order valence-electron chi connectivity index (χ2n) is 7.23. The summed E-state index contributed by atoms with van der Waals surface area (Å²) in [5, 5.41) is 13.2. The van der Waals surface area contributed by atoms with Crippen LogP contribution in [0.5, 0.6) is 0 Å². The summed E-state index contributed by atoms with van der Waals surface area (Å²) >= 11 is 0. The molecule has 0 radical (unpaired) electrons. The van der Waals surface area contributed by atoms with Crippen molar-refractivity contribution in [2.75, 3.05) is 37.7 Å². The molecule has 2 heterocycles. The lowest BCUT2D eigenvalue weighted by Crippen LogP contribution is -2.56. The van der Waals surface area contributed by atoms with Gasteiger partial charge in [-0.2, -0.15) is 0 Å². The number of anilines is 1. The number of carbonyl (C=O) groups excluding carboxylic acids is 2. The van der Waals surface area contributed by atoms with Gasteiger partial charge in [0.1, 0.15) is 6.04 Å². The molecule has 1 saturated heterocycles. The molecule has 7 nitrogen and oxygen atoms in total. The van der Waals surface area contributed by atoms with Gasteiger partial charge in [0.25, 0.3) is 5.91 Å². The maximum Gasteiger partial charge on any atom is 0.252 e. The quantitative estimate of drug-likeness (QED) is 0.676. The smallest absolute Gasteiger partial charge is 0.252 e. The lowest BCUT2D eigenvalue weighted by Gasteiger charge is -2.37. The number of pyridine rings is 1. The van der Waals surface area contributed by atoms with E-state index in [2.05, 4.69) is 15.2 Å². The molecule has 154 valence electrons. The normalized spacial score (nSPS) is 15.1. The van der Waals surface area contributed by atoms with Gasteiger partial charge in [0, 0.05) is 43.4 Å². The van der Waals surface area contributed by atoms with Crippen molar-refractivity contribution in [2.45, 2.75) is 6.04 Å². The zero-order valence-corrected chi connectivity index (χ0v) is 16.6. The summed E-state index contributed by atoms with van der Waals surface area (Å²) in [7, 11) is 0. The van der Waals surface area contributed by atoms with Gasteiger partial charge in [-0.3, -0.25) is 14.6 Å². The van der Waals surface area contributed by atoms with Crippen LogP contribution in [0.3, 0.4) is 0 Å². The van der Waals surface area contributed by atoms with Gasteiger partial charge < -0.3 is 20.2 Å². The fourth-order valence-corrected chi connectivity index (χ4v) is 3.76. The molecule has 7 heteroatoms. The van der Waals surface area contributed by atoms with E-state index in [9.17, 15) is 14.7 Å². The third-order valence-corrected chi connectivity index (χ3v) is 5.39. The van der Waals surface area contributed by atoms with Crippen LogP contribution in [-0.2, 0) is 4.79 Å². The van der Waals surface area contributed by atoms with E-state index in [-0.39, 0.29) is 5.91 Å². The van der Waals surface area contributed by atoms with E-state index >= 15 is 0 Å². The van der Waals surface area contributed by atoms with E-state index in [1.807, 2.05) is 54.6 Å². The van der Waals surface area contributed by atoms with E-state index in [4.69, 9.17) is 0 Å². The van der Waals surface area contributed by atoms with E-state index in [1.54, 1.807) is 17.2 Å². The highest BCUT2D eigenvalue weighted by molar-refractivity contribution is 6.07. The van der Waals surface area contributed by atoms with Gasteiger partial charge in [-0.15, -0.1) is 0 Å². The van der Waals surface area contributed by atoms with E-state index in [0.29, 0.717) is 42.6 Å². The first-order chi connectivity index (χ1) is 14.7. The Morgan fingerprint density at radius 2 is 1.67 bits per heavy atom. The van der Waals surface area contributed by atoms with Gasteiger partial charge in [0.15, 0.2) is 0 Å². The van der Waals surface area contributed by atoms with Gasteiger partial charge in [-0.25, -0.2) is 0 Å². The van der Waals surface area contributed by atoms with Gasteiger partial charge in [0.2, 0.25) is 5.91 Å². The van der Waals surface area contributed by atoms with E-state index in [1.165, 1.54) is 0 Å². The minimum absolute atomic E-state index is 0.267. The number of aliphatic hydroxyl groups excluding tert-OH is 1. The zero-order valence-electron chi connectivity index (χ0n) is 16.6. The molecule has 2 N–H and O–H groups in total. The summed E-state index contributed by atoms with van der Waals surface area (Å²) in [6.07, 6.45) is 1.57. The Balaban J connectivity index is 1.41. The first-order valence-corrected chi connectivity index (χ1v) is 10.0. The number of rotatable bonds is 5. The molecule has 2 aromatic carbocycles. The lowest BCUT2D eigenvalue weighted by molar-refractivity contribution is -0.134. The standard InChI is InChI=1S/C23H24N4O3/c28-16-21(25-22(29)19-10-11-24-20-9-5-4-8-18(19)20)23(30)27-14-12-26(13-15-27)17-6-2-1-3-7-17/h1-11,21,28H,12-16H2,(H,25,29). The fourth-order valence-electron chi connectivity index (χ4n) is 3.76. The molecule has 0 spiro atoms. The number of hydrogen-bond acceptors (Lipinski definition) is 5. The van der Waals surface area contributed by atoms with Crippen molar-refractivity contribution in [1.29, 1.82) is 0 Å². The van der Waals surface area contributed by atoms with Crippen molar-refractivity contribution < 1.29 is 14.7 Å². The highest BCUT2D eigenvalue weighted by atomic mass is 16.3. The zero-order chi connectivity index (χ0) is 20.9. The molecule has 0 bridgehead atoms. The maximum absolute atomic E-state index is 12.9. The molecule has 1 aliphatic rings. The molecule has 30 heavy (non-hydrogen) atoms. The van der Waals surface area contributed by atoms with Crippen LogP contribution < -0.4 is 10.2 Å². The van der Waals surface area contributed by atoms with Crippen LogP contribution in [0.1, 0.15) is 10.4 Å².